The number of halogens is 2. The summed E-state index contributed by atoms with van der Waals surface area (Å²) in [6, 6.07) is 9.80. The van der Waals surface area contributed by atoms with Gasteiger partial charge in [0.15, 0.2) is 0 Å². The van der Waals surface area contributed by atoms with Crippen molar-refractivity contribution in [1.82, 2.24) is 10.3 Å². The van der Waals surface area contributed by atoms with Gasteiger partial charge in [0.1, 0.15) is 22.9 Å². The zero-order valence-electron chi connectivity index (χ0n) is 15.7. The second-order valence-corrected chi connectivity index (χ2v) is 6.25. The molecule has 0 bridgehead atoms. The molecule has 1 heterocycles. The lowest BCUT2D eigenvalue weighted by molar-refractivity contribution is -0.116. The van der Waals surface area contributed by atoms with E-state index >= 15 is 0 Å². The van der Waals surface area contributed by atoms with Crippen LogP contribution in [0.15, 0.2) is 48.7 Å². The van der Waals surface area contributed by atoms with E-state index in [1.54, 1.807) is 31.5 Å². The van der Waals surface area contributed by atoms with Crippen molar-refractivity contribution in [3.05, 3.63) is 65.9 Å². The summed E-state index contributed by atoms with van der Waals surface area (Å²) in [5.41, 5.74) is 1.01. The van der Waals surface area contributed by atoms with Crippen LogP contribution in [0.4, 0.5) is 14.5 Å². The van der Waals surface area contributed by atoms with Crippen molar-refractivity contribution in [1.29, 1.82) is 0 Å². The number of hydrogen-bond donors (Lipinski definition) is 2. The van der Waals surface area contributed by atoms with Gasteiger partial charge in [0.25, 0.3) is 5.91 Å². The maximum atomic E-state index is 13.6. The lowest BCUT2D eigenvalue weighted by atomic mass is 10.1. The van der Waals surface area contributed by atoms with Crippen LogP contribution in [0, 0.1) is 11.6 Å². The van der Waals surface area contributed by atoms with Crippen LogP contribution in [-0.4, -0.2) is 30.5 Å². The summed E-state index contributed by atoms with van der Waals surface area (Å²) < 4.78 is 31.8. The first-order chi connectivity index (χ1) is 14.0. The van der Waals surface area contributed by atoms with E-state index in [0.717, 1.165) is 17.5 Å². The average molecular weight is 399 g/mol. The summed E-state index contributed by atoms with van der Waals surface area (Å²) in [4.78, 5) is 28.4. The minimum absolute atomic E-state index is 0.153. The molecule has 2 aromatic carbocycles. The quantitative estimate of drug-likeness (QED) is 0.594. The Morgan fingerprint density at radius 3 is 2.72 bits per heavy atom. The zero-order valence-corrected chi connectivity index (χ0v) is 15.7. The number of carbonyl (C=O) groups is 2. The average Bonchev–Trinajstić information content (AvgIpc) is 2.71. The van der Waals surface area contributed by atoms with E-state index in [2.05, 4.69) is 15.6 Å². The van der Waals surface area contributed by atoms with Gasteiger partial charge in [-0.05, 0) is 42.8 Å². The monoisotopic (exact) mass is 399 g/mol. The SMILES string of the molecule is COc1ccc(NC(=O)CCCNC(=O)c2ccc(F)cc2F)c2cccnc12. The maximum Gasteiger partial charge on any atom is 0.254 e. The van der Waals surface area contributed by atoms with Crippen LogP contribution in [0.5, 0.6) is 5.75 Å². The molecular formula is C21H19F2N3O3. The van der Waals surface area contributed by atoms with Gasteiger partial charge in [-0.25, -0.2) is 8.78 Å². The van der Waals surface area contributed by atoms with E-state index in [1.165, 1.54) is 0 Å². The minimum atomic E-state index is -0.930. The molecule has 29 heavy (non-hydrogen) atoms. The summed E-state index contributed by atoms with van der Waals surface area (Å²) in [5.74, 6) is -1.97. The summed E-state index contributed by atoms with van der Waals surface area (Å²) >= 11 is 0. The number of carbonyl (C=O) groups excluding carboxylic acids is 2. The number of ether oxygens (including phenoxy) is 1. The standard InChI is InChI=1S/C21H19F2N3O3/c1-29-18-9-8-17(15-4-2-10-24-20(15)18)26-19(27)5-3-11-25-21(28)14-7-6-13(22)12-16(14)23/h2,4,6-10,12H,3,5,11H2,1H3,(H,25,28)(H,26,27). The molecule has 1 aromatic heterocycles. The van der Waals surface area contributed by atoms with E-state index < -0.39 is 17.5 Å². The van der Waals surface area contributed by atoms with Gasteiger partial charge in [-0.1, -0.05) is 0 Å². The molecule has 0 saturated carbocycles. The second kappa shape index (κ2) is 9.09. The number of methoxy groups -OCH3 is 1. The number of benzene rings is 2. The van der Waals surface area contributed by atoms with Crippen LogP contribution in [0.3, 0.4) is 0 Å². The van der Waals surface area contributed by atoms with E-state index in [9.17, 15) is 18.4 Å². The molecule has 0 aliphatic carbocycles. The Hall–Kier alpha value is -3.55. The van der Waals surface area contributed by atoms with E-state index in [1.807, 2.05) is 6.07 Å². The maximum absolute atomic E-state index is 13.6. The summed E-state index contributed by atoms with van der Waals surface area (Å²) in [6.45, 7) is 0.175. The number of pyridine rings is 1. The van der Waals surface area contributed by atoms with Crippen LogP contribution >= 0.6 is 0 Å². The van der Waals surface area contributed by atoms with Crippen molar-refractivity contribution in [2.75, 3.05) is 19.0 Å². The fourth-order valence-electron chi connectivity index (χ4n) is 2.85. The summed E-state index contributed by atoms with van der Waals surface area (Å²) in [7, 11) is 1.55. The molecule has 0 aliphatic heterocycles. The highest BCUT2D eigenvalue weighted by Crippen LogP contribution is 2.29. The largest absolute Gasteiger partial charge is 0.494 e. The van der Waals surface area contributed by atoms with Gasteiger partial charge in [0.2, 0.25) is 5.91 Å². The lowest BCUT2D eigenvalue weighted by Crippen LogP contribution is -2.26. The molecular weight excluding hydrogens is 380 g/mol. The number of fused-ring (bicyclic) bond motifs is 1. The third-order valence-electron chi connectivity index (χ3n) is 4.27. The zero-order chi connectivity index (χ0) is 20.8. The first-order valence-corrected chi connectivity index (χ1v) is 8.94. The van der Waals surface area contributed by atoms with Crippen molar-refractivity contribution in [2.24, 2.45) is 0 Å². The molecule has 8 heteroatoms. The summed E-state index contributed by atoms with van der Waals surface area (Å²) in [5, 5.41) is 6.09. The Labute approximate surface area is 165 Å². The number of amides is 2. The predicted octanol–water partition coefficient (Wildman–Crippen LogP) is 3.67. The fraction of sp³-hybridized carbons (Fsp3) is 0.190. The highest BCUT2D eigenvalue weighted by atomic mass is 19.1. The van der Waals surface area contributed by atoms with Crippen LogP contribution in [0.2, 0.25) is 0 Å². The molecule has 0 atom stereocenters. The number of nitrogens with zero attached hydrogens (tertiary/aromatic N) is 1. The third-order valence-corrected chi connectivity index (χ3v) is 4.27. The highest BCUT2D eigenvalue weighted by Gasteiger charge is 2.13. The Kier molecular flexibility index (Phi) is 6.33. The van der Waals surface area contributed by atoms with Crippen molar-refractivity contribution in [3.63, 3.8) is 0 Å². The Bertz CT molecular complexity index is 1060. The third kappa shape index (κ3) is 4.84. The smallest absolute Gasteiger partial charge is 0.254 e. The van der Waals surface area contributed by atoms with E-state index in [-0.39, 0.29) is 24.4 Å². The predicted molar refractivity (Wildman–Crippen MR) is 105 cm³/mol. The van der Waals surface area contributed by atoms with Crippen LogP contribution in [0.1, 0.15) is 23.2 Å². The summed E-state index contributed by atoms with van der Waals surface area (Å²) in [6.07, 6.45) is 2.15. The topological polar surface area (TPSA) is 80.3 Å². The second-order valence-electron chi connectivity index (χ2n) is 6.25. The van der Waals surface area contributed by atoms with E-state index in [0.29, 0.717) is 29.4 Å². The molecule has 0 unspecified atom stereocenters. The minimum Gasteiger partial charge on any atom is -0.494 e. The molecule has 0 saturated heterocycles. The number of anilines is 1. The molecule has 3 aromatic rings. The highest BCUT2D eigenvalue weighted by molar-refractivity contribution is 6.02. The van der Waals surface area contributed by atoms with E-state index in [4.69, 9.17) is 4.74 Å². The Balaban J connectivity index is 1.53. The lowest BCUT2D eigenvalue weighted by Gasteiger charge is -2.11. The van der Waals surface area contributed by atoms with Crippen molar-refractivity contribution in [3.8, 4) is 5.75 Å². The van der Waals surface area contributed by atoms with Crippen molar-refractivity contribution < 1.29 is 23.1 Å². The molecule has 6 nitrogen and oxygen atoms in total. The fourth-order valence-corrected chi connectivity index (χ4v) is 2.85. The molecule has 3 rings (SSSR count). The molecule has 0 radical (unpaired) electrons. The first-order valence-electron chi connectivity index (χ1n) is 8.94. The van der Waals surface area contributed by atoms with Gasteiger partial charge in [-0.15, -0.1) is 0 Å². The molecule has 2 amide bonds. The number of rotatable bonds is 7. The van der Waals surface area contributed by atoms with Gasteiger partial charge in [-0.3, -0.25) is 14.6 Å². The normalized spacial score (nSPS) is 10.6. The Morgan fingerprint density at radius 2 is 1.97 bits per heavy atom. The molecule has 150 valence electrons. The molecule has 2 N–H and O–H groups in total. The van der Waals surface area contributed by atoms with Crippen LogP contribution < -0.4 is 15.4 Å². The van der Waals surface area contributed by atoms with Gasteiger partial charge >= 0.3 is 0 Å². The molecule has 0 spiro atoms. The van der Waals surface area contributed by atoms with Gasteiger partial charge in [-0.2, -0.15) is 0 Å². The van der Waals surface area contributed by atoms with Gasteiger partial charge in [0.05, 0.1) is 18.4 Å². The Morgan fingerprint density at radius 1 is 1.14 bits per heavy atom. The first kappa shape index (κ1) is 20.2. The van der Waals surface area contributed by atoms with Crippen LogP contribution in [-0.2, 0) is 4.79 Å². The number of aromatic nitrogens is 1. The van der Waals surface area contributed by atoms with Gasteiger partial charge < -0.3 is 15.4 Å². The van der Waals surface area contributed by atoms with Crippen LogP contribution in [0.25, 0.3) is 10.9 Å². The van der Waals surface area contributed by atoms with Crippen molar-refractivity contribution >= 4 is 28.4 Å². The van der Waals surface area contributed by atoms with Crippen molar-refractivity contribution in [2.45, 2.75) is 12.8 Å². The molecule has 0 aliphatic rings. The molecule has 0 fully saturated rings. The number of nitrogens with one attached hydrogen (secondary N) is 2. The van der Waals surface area contributed by atoms with Gasteiger partial charge in [0, 0.05) is 30.6 Å². The number of hydrogen-bond acceptors (Lipinski definition) is 4.